The van der Waals surface area contributed by atoms with E-state index in [0.717, 1.165) is 47.5 Å². The zero-order valence-corrected chi connectivity index (χ0v) is 17.0. The van der Waals surface area contributed by atoms with Crippen LogP contribution in [0, 0.1) is 0 Å². The van der Waals surface area contributed by atoms with Crippen LogP contribution < -0.4 is 11.1 Å². The Bertz CT molecular complexity index is 603. The van der Waals surface area contributed by atoms with Crippen LogP contribution >= 0.6 is 0 Å². The number of anilines is 1. The Morgan fingerprint density at radius 3 is 2.54 bits per heavy atom. The molecule has 0 bridgehead atoms. The van der Waals surface area contributed by atoms with Gasteiger partial charge in [0.05, 0.1) is 6.04 Å². The minimum absolute atomic E-state index is 0.198. The second kappa shape index (κ2) is 11.6. The van der Waals surface area contributed by atoms with Crippen LogP contribution in [-0.2, 0) is 0 Å². The van der Waals surface area contributed by atoms with E-state index in [4.69, 9.17) is 5.73 Å². The molecule has 144 valence electrons. The average Bonchev–Trinajstić information content (AvgIpc) is 2.67. The molecule has 3 N–H and O–H groups in total. The molecule has 0 aliphatic rings. The summed E-state index contributed by atoms with van der Waals surface area (Å²) in [6.07, 6.45) is 7.61. The number of hydrogen-bond acceptors (Lipinski definition) is 3. The lowest BCUT2D eigenvalue weighted by Crippen LogP contribution is -2.34. The van der Waals surface area contributed by atoms with Gasteiger partial charge in [0.1, 0.15) is 0 Å². The van der Waals surface area contributed by atoms with E-state index in [1.165, 1.54) is 19.3 Å². The molecule has 0 aliphatic carbocycles. The summed E-state index contributed by atoms with van der Waals surface area (Å²) in [6, 6.07) is 6.48. The van der Waals surface area contributed by atoms with Gasteiger partial charge in [-0.1, -0.05) is 71.1 Å². The highest BCUT2D eigenvalue weighted by Gasteiger charge is 2.21. The molecule has 0 fully saturated rings. The van der Waals surface area contributed by atoms with Gasteiger partial charge in [0.25, 0.3) is 0 Å². The fourth-order valence-electron chi connectivity index (χ4n) is 3.25. The molecule has 1 aromatic carbocycles. The first-order valence-electron chi connectivity index (χ1n) is 9.80. The monoisotopic (exact) mass is 355 g/mol. The van der Waals surface area contributed by atoms with Gasteiger partial charge in [-0.15, -0.1) is 0 Å². The maximum atomic E-state index is 5.88. The molecule has 0 aromatic heterocycles. The van der Waals surface area contributed by atoms with Crippen molar-refractivity contribution in [3.05, 3.63) is 54.6 Å². The molecule has 0 amide bonds. The highest BCUT2D eigenvalue weighted by atomic mass is 15.1. The van der Waals surface area contributed by atoms with E-state index in [-0.39, 0.29) is 6.04 Å². The highest BCUT2D eigenvalue weighted by molar-refractivity contribution is 5.81. The molecule has 1 aromatic rings. The standard InChI is InChI=1S/C23H37N3/c1-7-10-11-16-25-21-15-12-14-20(9-3)23(21)19(5)26(6)22(13-8-2)18(4)17-24/h9,12,14-15,22,25H,3-5,7-8,10-11,13,16-17,24H2,1-2,6H3. The van der Waals surface area contributed by atoms with Crippen LogP contribution in [-0.4, -0.2) is 31.1 Å². The summed E-state index contributed by atoms with van der Waals surface area (Å²) in [5, 5.41) is 3.59. The second-order valence-corrected chi connectivity index (χ2v) is 6.83. The predicted molar refractivity (Wildman–Crippen MR) is 118 cm³/mol. The lowest BCUT2D eigenvalue weighted by atomic mass is 9.97. The Balaban J connectivity index is 3.14. The molecule has 0 spiro atoms. The Morgan fingerprint density at radius 2 is 1.96 bits per heavy atom. The van der Waals surface area contributed by atoms with E-state index in [1.807, 2.05) is 6.08 Å². The topological polar surface area (TPSA) is 41.3 Å². The number of nitrogens with two attached hydrogens (primary N) is 1. The average molecular weight is 356 g/mol. The van der Waals surface area contributed by atoms with Gasteiger partial charge in [-0.25, -0.2) is 0 Å². The Labute approximate surface area is 160 Å². The molecule has 0 heterocycles. The minimum Gasteiger partial charge on any atom is -0.384 e. The summed E-state index contributed by atoms with van der Waals surface area (Å²) < 4.78 is 0. The van der Waals surface area contributed by atoms with Gasteiger partial charge in [-0.3, -0.25) is 0 Å². The van der Waals surface area contributed by atoms with Crippen molar-refractivity contribution < 1.29 is 0 Å². The normalized spacial score (nSPS) is 11.7. The maximum absolute atomic E-state index is 5.88. The molecule has 0 saturated heterocycles. The summed E-state index contributed by atoms with van der Waals surface area (Å²) in [5.74, 6) is 0. The van der Waals surface area contributed by atoms with Crippen molar-refractivity contribution in [2.45, 2.75) is 52.0 Å². The molecular weight excluding hydrogens is 318 g/mol. The molecule has 3 heteroatoms. The van der Waals surface area contributed by atoms with Crippen LogP contribution in [0.5, 0.6) is 0 Å². The fourth-order valence-corrected chi connectivity index (χ4v) is 3.25. The third-order valence-electron chi connectivity index (χ3n) is 4.89. The molecule has 0 saturated carbocycles. The van der Waals surface area contributed by atoms with E-state index >= 15 is 0 Å². The highest BCUT2D eigenvalue weighted by Crippen LogP contribution is 2.32. The van der Waals surface area contributed by atoms with Crippen molar-refractivity contribution in [2.75, 3.05) is 25.5 Å². The molecule has 3 nitrogen and oxygen atoms in total. The summed E-state index contributed by atoms with van der Waals surface area (Å²) in [7, 11) is 2.09. The Kier molecular flexibility index (Phi) is 9.82. The van der Waals surface area contributed by atoms with Crippen molar-refractivity contribution in [3.63, 3.8) is 0 Å². The number of likely N-dealkylation sites (N-methyl/N-ethyl adjacent to an activating group) is 1. The van der Waals surface area contributed by atoms with Gasteiger partial charge >= 0.3 is 0 Å². The van der Waals surface area contributed by atoms with E-state index in [2.05, 4.69) is 69.0 Å². The first-order chi connectivity index (χ1) is 12.5. The maximum Gasteiger partial charge on any atom is 0.0508 e. The Morgan fingerprint density at radius 1 is 1.23 bits per heavy atom. The van der Waals surface area contributed by atoms with Crippen LogP contribution in [0.1, 0.15) is 57.1 Å². The van der Waals surface area contributed by atoms with Gasteiger partial charge in [0, 0.05) is 37.1 Å². The lowest BCUT2D eigenvalue weighted by Gasteiger charge is -2.34. The minimum atomic E-state index is 0.198. The van der Waals surface area contributed by atoms with Crippen molar-refractivity contribution >= 4 is 17.5 Å². The van der Waals surface area contributed by atoms with Crippen LogP contribution in [0.3, 0.4) is 0 Å². The van der Waals surface area contributed by atoms with Crippen LogP contribution in [0.25, 0.3) is 11.8 Å². The van der Waals surface area contributed by atoms with Gasteiger partial charge in [0.15, 0.2) is 0 Å². The van der Waals surface area contributed by atoms with E-state index in [0.29, 0.717) is 6.54 Å². The van der Waals surface area contributed by atoms with Crippen LogP contribution in [0.4, 0.5) is 5.69 Å². The number of unbranched alkanes of at least 4 members (excludes halogenated alkanes) is 2. The number of nitrogens with zero attached hydrogens (tertiary/aromatic N) is 1. The molecule has 1 rings (SSSR count). The van der Waals surface area contributed by atoms with E-state index in [9.17, 15) is 0 Å². The van der Waals surface area contributed by atoms with Crippen molar-refractivity contribution in [1.29, 1.82) is 0 Å². The van der Waals surface area contributed by atoms with Gasteiger partial charge in [-0.2, -0.15) is 0 Å². The first-order valence-corrected chi connectivity index (χ1v) is 9.80. The molecule has 1 unspecified atom stereocenters. The molecule has 0 aliphatic heterocycles. The van der Waals surface area contributed by atoms with Crippen molar-refractivity contribution in [1.82, 2.24) is 4.90 Å². The first kappa shape index (κ1) is 22.0. The number of nitrogens with one attached hydrogen (secondary N) is 1. The summed E-state index contributed by atoms with van der Waals surface area (Å²) in [5.41, 5.74) is 11.2. The van der Waals surface area contributed by atoms with E-state index < -0.39 is 0 Å². The fraction of sp³-hybridized carbons (Fsp3) is 0.478. The molecule has 0 radical (unpaired) electrons. The third kappa shape index (κ3) is 5.77. The lowest BCUT2D eigenvalue weighted by molar-refractivity contribution is 0.365. The predicted octanol–water partition coefficient (Wildman–Crippen LogP) is 5.52. The second-order valence-electron chi connectivity index (χ2n) is 6.83. The SMILES string of the molecule is C=Cc1cccc(NCCCCC)c1C(=C)N(C)C(CCC)C(=C)CN. The summed E-state index contributed by atoms with van der Waals surface area (Å²) in [6.45, 7) is 18.5. The van der Waals surface area contributed by atoms with Crippen LogP contribution in [0.2, 0.25) is 0 Å². The van der Waals surface area contributed by atoms with Gasteiger partial charge in [-0.05, 0) is 30.0 Å². The molecular formula is C23H37N3. The summed E-state index contributed by atoms with van der Waals surface area (Å²) >= 11 is 0. The van der Waals surface area contributed by atoms with Gasteiger partial charge in [0.2, 0.25) is 0 Å². The number of rotatable bonds is 13. The van der Waals surface area contributed by atoms with Gasteiger partial charge < -0.3 is 16.0 Å². The third-order valence-corrected chi connectivity index (χ3v) is 4.89. The number of benzene rings is 1. The van der Waals surface area contributed by atoms with E-state index in [1.54, 1.807) is 0 Å². The number of hydrogen-bond donors (Lipinski definition) is 2. The Hall–Kier alpha value is -2.00. The zero-order valence-electron chi connectivity index (χ0n) is 17.0. The zero-order chi connectivity index (χ0) is 19.5. The molecule has 26 heavy (non-hydrogen) atoms. The van der Waals surface area contributed by atoms with Crippen molar-refractivity contribution in [3.8, 4) is 0 Å². The quantitative estimate of drug-likeness (QED) is 0.362. The molecule has 1 atom stereocenters. The van der Waals surface area contributed by atoms with Crippen molar-refractivity contribution in [2.24, 2.45) is 5.73 Å². The van der Waals surface area contributed by atoms with Crippen LogP contribution in [0.15, 0.2) is 43.5 Å². The smallest absolute Gasteiger partial charge is 0.0508 e. The largest absolute Gasteiger partial charge is 0.384 e. The summed E-state index contributed by atoms with van der Waals surface area (Å²) in [4.78, 5) is 2.22.